The zero-order valence-corrected chi connectivity index (χ0v) is 20.3. The summed E-state index contributed by atoms with van der Waals surface area (Å²) in [5.74, 6) is 1.14. The Hall–Kier alpha value is -3.49. The van der Waals surface area contributed by atoms with Crippen molar-refractivity contribution in [1.82, 2.24) is 19.8 Å². The molecule has 0 bridgehead atoms. The first-order valence-electron chi connectivity index (χ1n) is 11.4. The highest BCUT2D eigenvalue weighted by Crippen LogP contribution is 2.38. The summed E-state index contributed by atoms with van der Waals surface area (Å²) in [6.07, 6.45) is 2.84. The van der Waals surface area contributed by atoms with Crippen LogP contribution in [0.2, 0.25) is 0 Å². The summed E-state index contributed by atoms with van der Waals surface area (Å²) in [6.45, 7) is 11.9. The van der Waals surface area contributed by atoms with Crippen LogP contribution >= 0.6 is 0 Å². The number of rotatable bonds is 7. The van der Waals surface area contributed by atoms with Crippen LogP contribution in [0, 0.1) is 0 Å². The standard InChI is InChI=1S/C26H32N6O2/c1-6-24(33)30-23-15-20-22(16-21(23)26(2,3)32-12-10-31(4)11-13-32)27-17-28-25(20)29-18-8-7-9-19(14-18)34-5/h6-9,14-17H,1,10-13H2,2-5H3,(H,30,33)(H,27,28,29). The molecule has 1 amide bonds. The van der Waals surface area contributed by atoms with Crippen LogP contribution in [0.25, 0.3) is 10.9 Å². The van der Waals surface area contributed by atoms with Crippen molar-refractivity contribution in [2.24, 2.45) is 0 Å². The molecule has 178 valence electrons. The lowest BCUT2D eigenvalue weighted by atomic mass is 9.88. The van der Waals surface area contributed by atoms with Gasteiger partial charge >= 0.3 is 0 Å². The van der Waals surface area contributed by atoms with Gasteiger partial charge in [0.05, 0.1) is 12.6 Å². The maximum Gasteiger partial charge on any atom is 0.247 e. The van der Waals surface area contributed by atoms with Crippen LogP contribution in [-0.4, -0.2) is 66.0 Å². The van der Waals surface area contributed by atoms with E-state index in [1.54, 1.807) is 13.4 Å². The summed E-state index contributed by atoms with van der Waals surface area (Å²) in [5, 5.41) is 7.19. The molecule has 3 aromatic rings. The fraction of sp³-hybridized carbons (Fsp3) is 0.346. The number of carbonyl (C=O) groups is 1. The lowest BCUT2D eigenvalue weighted by molar-refractivity contribution is -0.111. The van der Waals surface area contributed by atoms with Gasteiger partial charge < -0.3 is 20.3 Å². The molecule has 0 atom stereocenters. The summed E-state index contributed by atoms with van der Waals surface area (Å²) in [7, 11) is 3.78. The van der Waals surface area contributed by atoms with Crippen molar-refractivity contribution in [3.8, 4) is 5.75 Å². The van der Waals surface area contributed by atoms with Crippen molar-refractivity contribution < 1.29 is 9.53 Å². The van der Waals surface area contributed by atoms with Gasteiger partial charge in [-0.15, -0.1) is 0 Å². The molecule has 0 unspecified atom stereocenters. The highest BCUT2D eigenvalue weighted by atomic mass is 16.5. The molecule has 2 heterocycles. The van der Waals surface area contributed by atoms with Crippen molar-refractivity contribution in [2.75, 3.05) is 51.0 Å². The van der Waals surface area contributed by atoms with Crippen LogP contribution in [0.15, 0.2) is 55.4 Å². The normalized spacial score (nSPS) is 15.2. The third-order valence-electron chi connectivity index (χ3n) is 6.50. The summed E-state index contributed by atoms with van der Waals surface area (Å²) in [6, 6.07) is 11.7. The molecule has 0 spiro atoms. The highest BCUT2D eigenvalue weighted by Gasteiger charge is 2.33. The van der Waals surface area contributed by atoms with E-state index in [0.29, 0.717) is 5.82 Å². The number of nitrogens with zero attached hydrogens (tertiary/aromatic N) is 4. The van der Waals surface area contributed by atoms with Crippen LogP contribution in [0.3, 0.4) is 0 Å². The molecule has 0 saturated carbocycles. The number of hydrogen-bond acceptors (Lipinski definition) is 7. The van der Waals surface area contributed by atoms with Gasteiger partial charge in [0.1, 0.15) is 17.9 Å². The second-order valence-electron chi connectivity index (χ2n) is 9.04. The highest BCUT2D eigenvalue weighted by molar-refractivity contribution is 6.02. The van der Waals surface area contributed by atoms with Gasteiger partial charge in [0.25, 0.3) is 0 Å². The maximum atomic E-state index is 12.4. The lowest BCUT2D eigenvalue weighted by Gasteiger charge is -2.44. The van der Waals surface area contributed by atoms with E-state index < -0.39 is 0 Å². The first-order valence-corrected chi connectivity index (χ1v) is 11.4. The average molecular weight is 461 g/mol. The molecule has 2 N–H and O–H groups in total. The van der Waals surface area contributed by atoms with E-state index in [9.17, 15) is 4.79 Å². The van der Waals surface area contributed by atoms with Crippen LogP contribution < -0.4 is 15.4 Å². The number of ether oxygens (including phenoxy) is 1. The summed E-state index contributed by atoms with van der Waals surface area (Å²) in [4.78, 5) is 26.2. The molecular formula is C26H32N6O2. The first kappa shape index (κ1) is 23.7. The van der Waals surface area contributed by atoms with Crippen LogP contribution in [-0.2, 0) is 10.3 Å². The largest absolute Gasteiger partial charge is 0.497 e. The Morgan fingerprint density at radius 1 is 1.15 bits per heavy atom. The topological polar surface area (TPSA) is 82.6 Å². The van der Waals surface area contributed by atoms with Crippen LogP contribution in [0.4, 0.5) is 17.2 Å². The van der Waals surface area contributed by atoms with E-state index in [-0.39, 0.29) is 11.4 Å². The molecule has 4 rings (SSSR count). The molecule has 1 aliphatic rings. The summed E-state index contributed by atoms with van der Waals surface area (Å²) < 4.78 is 5.34. The molecule has 1 aliphatic heterocycles. The van der Waals surface area contributed by atoms with Gasteiger partial charge in [-0.1, -0.05) is 12.6 Å². The number of piperazine rings is 1. The summed E-state index contributed by atoms with van der Waals surface area (Å²) in [5.41, 5.74) is 3.06. The van der Waals surface area contributed by atoms with Gasteiger partial charge in [-0.25, -0.2) is 9.97 Å². The molecule has 0 aliphatic carbocycles. The minimum Gasteiger partial charge on any atom is -0.497 e. The van der Waals surface area contributed by atoms with Crippen molar-refractivity contribution in [3.63, 3.8) is 0 Å². The molecule has 8 heteroatoms. The van der Waals surface area contributed by atoms with Gasteiger partial charge in [-0.3, -0.25) is 9.69 Å². The third-order valence-corrected chi connectivity index (χ3v) is 6.50. The van der Waals surface area contributed by atoms with E-state index in [1.165, 1.54) is 6.08 Å². The Morgan fingerprint density at radius 3 is 2.62 bits per heavy atom. The Balaban J connectivity index is 1.79. The van der Waals surface area contributed by atoms with Gasteiger partial charge in [-0.2, -0.15) is 0 Å². The molecule has 0 radical (unpaired) electrons. The van der Waals surface area contributed by atoms with Gasteiger partial charge in [0, 0.05) is 54.5 Å². The monoisotopic (exact) mass is 460 g/mol. The molecular weight excluding hydrogens is 428 g/mol. The molecule has 2 aromatic carbocycles. The minimum atomic E-state index is -0.315. The number of hydrogen-bond donors (Lipinski definition) is 2. The number of benzene rings is 2. The Bertz CT molecular complexity index is 1200. The van der Waals surface area contributed by atoms with E-state index in [0.717, 1.165) is 59.8 Å². The Kier molecular flexibility index (Phi) is 6.81. The second-order valence-corrected chi connectivity index (χ2v) is 9.04. The third kappa shape index (κ3) is 4.88. The molecule has 8 nitrogen and oxygen atoms in total. The second kappa shape index (κ2) is 9.79. The van der Waals surface area contributed by atoms with Crippen molar-refractivity contribution in [1.29, 1.82) is 0 Å². The predicted octanol–water partition coefficient (Wildman–Crippen LogP) is 3.99. The van der Waals surface area contributed by atoms with E-state index in [2.05, 4.69) is 63.9 Å². The zero-order valence-electron chi connectivity index (χ0n) is 20.3. The van der Waals surface area contributed by atoms with Crippen LogP contribution in [0.5, 0.6) is 5.75 Å². The number of nitrogens with one attached hydrogen (secondary N) is 2. The number of aromatic nitrogens is 2. The van der Waals surface area contributed by atoms with Crippen LogP contribution in [0.1, 0.15) is 19.4 Å². The Labute approximate surface area is 200 Å². The van der Waals surface area contributed by atoms with Crippen molar-refractivity contribution >= 4 is 34.0 Å². The molecule has 34 heavy (non-hydrogen) atoms. The van der Waals surface area contributed by atoms with E-state index >= 15 is 0 Å². The SMILES string of the molecule is C=CC(=O)Nc1cc2c(Nc3cccc(OC)c3)ncnc2cc1C(C)(C)N1CCN(C)CC1. The number of likely N-dealkylation sites (N-methyl/N-ethyl adjacent to an activating group) is 1. The lowest BCUT2D eigenvalue weighted by Crippen LogP contribution is -2.52. The zero-order chi connectivity index (χ0) is 24.3. The minimum absolute atomic E-state index is 0.256. The predicted molar refractivity (Wildman–Crippen MR) is 137 cm³/mol. The molecule has 1 saturated heterocycles. The number of fused-ring (bicyclic) bond motifs is 1. The van der Waals surface area contributed by atoms with Gasteiger partial charge in [-0.05, 0) is 56.8 Å². The number of carbonyl (C=O) groups excluding carboxylic acids is 1. The average Bonchev–Trinajstić information content (AvgIpc) is 2.84. The maximum absolute atomic E-state index is 12.4. The number of amides is 1. The number of methoxy groups -OCH3 is 1. The fourth-order valence-electron chi connectivity index (χ4n) is 4.37. The fourth-order valence-corrected chi connectivity index (χ4v) is 4.37. The molecule has 1 fully saturated rings. The quantitative estimate of drug-likeness (QED) is 0.516. The van der Waals surface area contributed by atoms with Crippen molar-refractivity contribution in [3.05, 3.63) is 60.9 Å². The van der Waals surface area contributed by atoms with Crippen molar-refractivity contribution in [2.45, 2.75) is 19.4 Å². The van der Waals surface area contributed by atoms with Gasteiger partial charge in [0.15, 0.2) is 0 Å². The molecule has 1 aromatic heterocycles. The van der Waals surface area contributed by atoms with E-state index in [4.69, 9.17) is 4.74 Å². The van der Waals surface area contributed by atoms with Gasteiger partial charge in [0.2, 0.25) is 5.91 Å². The Morgan fingerprint density at radius 2 is 1.91 bits per heavy atom. The number of anilines is 3. The summed E-state index contributed by atoms with van der Waals surface area (Å²) >= 11 is 0. The first-order chi connectivity index (χ1) is 16.3. The van der Waals surface area contributed by atoms with E-state index in [1.807, 2.05) is 30.3 Å². The smallest absolute Gasteiger partial charge is 0.247 e.